The van der Waals surface area contributed by atoms with E-state index in [0.717, 1.165) is 24.9 Å². The zero-order valence-corrected chi connectivity index (χ0v) is 24.3. The quantitative estimate of drug-likeness (QED) is 0.289. The number of likely N-dealkylation sites (N-methyl/N-ethyl adjacent to an activating group) is 1. The first-order valence-electron chi connectivity index (χ1n) is 14.1. The Morgan fingerprint density at radius 2 is 1.56 bits per heavy atom. The second kappa shape index (κ2) is 13.6. The van der Waals surface area contributed by atoms with E-state index in [9.17, 15) is 14.0 Å². The first-order valence-corrected chi connectivity index (χ1v) is 14.1. The molecule has 3 aromatic rings. The van der Waals surface area contributed by atoms with Crippen LogP contribution < -0.4 is 10.6 Å². The molecular formula is C33H40FN3O4. The van der Waals surface area contributed by atoms with Crippen LogP contribution in [0.25, 0.3) is 11.1 Å². The lowest BCUT2D eigenvalue weighted by molar-refractivity contribution is 0.0523. The molecule has 0 saturated heterocycles. The van der Waals surface area contributed by atoms with E-state index in [1.54, 1.807) is 26.8 Å². The number of carbonyl (C=O) groups is 2. The average Bonchev–Trinajstić information content (AvgIpc) is 3.24. The van der Waals surface area contributed by atoms with Gasteiger partial charge in [0, 0.05) is 31.1 Å². The van der Waals surface area contributed by atoms with Gasteiger partial charge in [-0.3, -0.25) is 0 Å². The van der Waals surface area contributed by atoms with Crippen molar-refractivity contribution in [3.05, 3.63) is 94.8 Å². The van der Waals surface area contributed by atoms with E-state index in [-0.39, 0.29) is 18.3 Å². The molecular weight excluding hydrogens is 521 g/mol. The molecule has 41 heavy (non-hydrogen) atoms. The molecule has 0 spiro atoms. The van der Waals surface area contributed by atoms with Gasteiger partial charge in [0.1, 0.15) is 18.0 Å². The average molecular weight is 562 g/mol. The SMILES string of the molecule is CN(CCCc1ccc(CNC(=O)OC(C)(C)C)c(F)c1)CCNC(=O)OCC1c2ccccc2-c2ccccc21. The number of alkyl carbamates (subject to hydrolysis) is 2. The fourth-order valence-electron chi connectivity index (χ4n) is 5.03. The molecule has 4 rings (SSSR count). The van der Waals surface area contributed by atoms with Crippen LogP contribution in [0.15, 0.2) is 66.7 Å². The maximum Gasteiger partial charge on any atom is 0.407 e. The van der Waals surface area contributed by atoms with Crippen LogP contribution in [0.2, 0.25) is 0 Å². The van der Waals surface area contributed by atoms with Gasteiger partial charge in [0.25, 0.3) is 0 Å². The van der Waals surface area contributed by atoms with Gasteiger partial charge < -0.3 is 25.0 Å². The maximum atomic E-state index is 14.5. The summed E-state index contributed by atoms with van der Waals surface area (Å²) in [6.07, 6.45) is 0.575. The van der Waals surface area contributed by atoms with Gasteiger partial charge in [0.05, 0.1) is 0 Å². The normalized spacial score (nSPS) is 12.5. The smallest absolute Gasteiger partial charge is 0.407 e. The molecule has 0 bridgehead atoms. The fourth-order valence-corrected chi connectivity index (χ4v) is 5.03. The first kappa shape index (κ1) is 30.1. The summed E-state index contributed by atoms with van der Waals surface area (Å²) in [6, 6.07) is 21.6. The Balaban J connectivity index is 1.13. The number of nitrogens with zero attached hydrogens (tertiary/aromatic N) is 1. The number of fused-ring (bicyclic) bond motifs is 3. The third-order valence-electron chi connectivity index (χ3n) is 7.05. The number of aryl methyl sites for hydroxylation is 1. The van der Waals surface area contributed by atoms with Crippen molar-refractivity contribution >= 4 is 12.2 Å². The van der Waals surface area contributed by atoms with Crippen molar-refractivity contribution < 1.29 is 23.5 Å². The molecule has 1 aliphatic carbocycles. The number of benzene rings is 3. The third-order valence-corrected chi connectivity index (χ3v) is 7.05. The summed E-state index contributed by atoms with van der Waals surface area (Å²) in [6.45, 7) is 7.65. The minimum absolute atomic E-state index is 0.0379. The predicted molar refractivity (Wildman–Crippen MR) is 158 cm³/mol. The molecule has 0 aliphatic heterocycles. The number of hydrogen-bond donors (Lipinski definition) is 2. The Morgan fingerprint density at radius 3 is 2.20 bits per heavy atom. The summed E-state index contributed by atoms with van der Waals surface area (Å²) in [5.74, 6) is -0.310. The summed E-state index contributed by atoms with van der Waals surface area (Å²) in [7, 11) is 1.99. The Hall–Kier alpha value is -3.91. The second-order valence-corrected chi connectivity index (χ2v) is 11.4. The topological polar surface area (TPSA) is 79.9 Å². The lowest BCUT2D eigenvalue weighted by Crippen LogP contribution is -2.34. The zero-order chi connectivity index (χ0) is 29.4. The molecule has 0 atom stereocenters. The van der Waals surface area contributed by atoms with Gasteiger partial charge in [-0.1, -0.05) is 60.7 Å². The lowest BCUT2D eigenvalue weighted by atomic mass is 9.98. The number of amides is 2. The molecule has 0 radical (unpaired) electrons. The summed E-state index contributed by atoms with van der Waals surface area (Å²) >= 11 is 0. The molecule has 8 heteroatoms. The van der Waals surface area contributed by atoms with Crippen LogP contribution in [0.4, 0.5) is 14.0 Å². The minimum Gasteiger partial charge on any atom is -0.449 e. The highest BCUT2D eigenvalue weighted by atomic mass is 19.1. The molecule has 0 unspecified atom stereocenters. The van der Waals surface area contributed by atoms with Crippen molar-refractivity contribution in [2.75, 3.05) is 33.3 Å². The van der Waals surface area contributed by atoms with Crippen LogP contribution in [0.1, 0.15) is 55.4 Å². The number of ether oxygens (including phenoxy) is 2. The van der Waals surface area contributed by atoms with E-state index >= 15 is 0 Å². The highest BCUT2D eigenvalue weighted by molar-refractivity contribution is 5.79. The zero-order valence-electron chi connectivity index (χ0n) is 24.3. The van der Waals surface area contributed by atoms with Gasteiger partial charge in [-0.15, -0.1) is 0 Å². The fraction of sp³-hybridized carbons (Fsp3) is 0.394. The monoisotopic (exact) mass is 561 g/mol. The molecule has 0 fully saturated rings. The third kappa shape index (κ3) is 8.54. The Bertz CT molecular complexity index is 1310. The van der Waals surface area contributed by atoms with E-state index in [1.807, 2.05) is 37.4 Å². The second-order valence-electron chi connectivity index (χ2n) is 11.4. The summed E-state index contributed by atoms with van der Waals surface area (Å²) in [5.41, 5.74) is 5.49. The molecule has 1 aliphatic rings. The standard InChI is InChI=1S/C33H40FN3O4/c1-33(2,3)41-32(39)36-21-24-16-15-23(20-30(24)34)10-9-18-37(4)19-17-35-31(38)40-22-29-27-13-7-5-11-25(27)26-12-6-8-14-28(26)29/h5-8,11-16,20,29H,9-10,17-19,21-22H2,1-4H3,(H,35,38)(H,36,39). The first-order chi connectivity index (χ1) is 19.6. The highest BCUT2D eigenvalue weighted by Gasteiger charge is 2.29. The Kier molecular flexibility index (Phi) is 10.00. The van der Waals surface area contributed by atoms with E-state index in [2.05, 4.69) is 39.8 Å². The van der Waals surface area contributed by atoms with Crippen LogP contribution in [-0.4, -0.2) is 56.0 Å². The van der Waals surface area contributed by atoms with Crippen LogP contribution in [0.5, 0.6) is 0 Å². The van der Waals surface area contributed by atoms with Crippen molar-refractivity contribution in [1.29, 1.82) is 0 Å². The highest BCUT2D eigenvalue weighted by Crippen LogP contribution is 2.44. The largest absolute Gasteiger partial charge is 0.449 e. The van der Waals surface area contributed by atoms with Gasteiger partial charge in [-0.2, -0.15) is 0 Å². The molecule has 0 heterocycles. The van der Waals surface area contributed by atoms with Crippen molar-refractivity contribution in [3.8, 4) is 11.1 Å². The molecule has 0 saturated carbocycles. The summed E-state index contributed by atoms with van der Waals surface area (Å²) < 4.78 is 25.3. The van der Waals surface area contributed by atoms with Crippen LogP contribution in [0.3, 0.4) is 0 Å². The van der Waals surface area contributed by atoms with Crippen LogP contribution in [0, 0.1) is 5.82 Å². The Labute approximate surface area is 242 Å². The van der Waals surface area contributed by atoms with Crippen LogP contribution in [-0.2, 0) is 22.4 Å². The summed E-state index contributed by atoms with van der Waals surface area (Å²) in [4.78, 5) is 26.3. The number of rotatable bonds is 11. The van der Waals surface area contributed by atoms with Crippen LogP contribution >= 0.6 is 0 Å². The molecule has 2 amide bonds. The number of nitrogens with one attached hydrogen (secondary N) is 2. The molecule has 2 N–H and O–H groups in total. The molecule has 218 valence electrons. The molecule has 7 nitrogen and oxygen atoms in total. The van der Waals surface area contributed by atoms with E-state index in [1.165, 1.54) is 28.3 Å². The van der Waals surface area contributed by atoms with Crippen molar-refractivity contribution in [2.24, 2.45) is 0 Å². The van der Waals surface area contributed by atoms with Gasteiger partial charge in [-0.25, -0.2) is 14.0 Å². The number of carbonyl (C=O) groups excluding carboxylic acids is 2. The molecule has 0 aromatic heterocycles. The van der Waals surface area contributed by atoms with Crippen molar-refractivity contribution in [3.63, 3.8) is 0 Å². The Morgan fingerprint density at radius 1 is 0.902 bits per heavy atom. The van der Waals surface area contributed by atoms with E-state index in [4.69, 9.17) is 9.47 Å². The van der Waals surface area contributed by atoms with Gasteiger partial charge in [-0.05, 0) is 81.1 Å². The van der Waals surface area contributed by atoms with Gasteiger partial charge >= 0.3 is 12.2 Å². The lowest BCUT2D eigenvalue weighted by Gasteiger charge is -2.19. The van der Waals surface area contributed by atoms with Gasteiger partial charge in [0.2, 0.25) is 0 Å². The van der Waals surface area contributed by atoms with E-state index in [0.29, 0.717) is 25.3 Å². The van der Waals surface area contributed by atoms with Gasteiger partial charge in [0.15, 0.2) is 0 Å². The maximum absolute atomic E-state index is 14.5. The predicted octanol–water partition coefficient (Wildman–Crippen LogP) is 6.25. The minimum atomic E-state index is -0.602. The number of halogens is 1. The van der Waals surface area contributed by atoms with Crippen molar-refractivity contribution in [1.82, 2.24) is 15.5 Å². The number of hydrogen-bond acceptors (Lipinski definition) is 5. The van der Waals surface area contributed by atoms with E-state index < -0.39 is 17.8 Å². The summed E-state index contributed by atoms with van der Waals surface area (Å²) in [5, 5.41) is 5.43. The van der Waals surface area contributed by atoms with Crippen molar-refractivity contribution in [2.45, 2.75) is 51.7 Å². The molecule has 3 aromatic carbocycles.